The van der Waals surface area contributed by atoms with Crippen LogP contribution in [0.4, 0.5) is 0 Å². The van der Waals surface area contributed by atoms with Gasteiger partial charge in [-0.05, 0) is 87.4 Å². The standard InChI is InChI=1S/C19H28O2/c1-12-10-19-9-7-15-14(16(19)6-5-13(12)11-19)4-3-8-18(15,2)17(20)21/h13-16H,1,3-11H2,2H3,(H,20,21)/t13?,14?,15?,16-,18+,19+/m0/s1. The van der Waals surface area contributed by atoms with Crippen molar-refractivity contribution in [3.63, 3.8) is 0 Å². The minimum Gasteiger partial charge on any atom is -0.481 e. The summed E-state index contributed by atoms with van der Waals surface area (Å²) in [5.41, 5.74) is 1.56. The van der Waals surface area contributed by atoms with Gasteiger partial charge in [0, 0.05) is 0 Å². The monoisotopic (exact) mass is 288 g/mol. The van der Waals surface area contributed by atoms with Gasteiger partial charge in [-0.25, -0.2) is 0 Å². The number of hydrogen-bond donors (Lipinski definition) is 1. The van der Waals surface area contributed by atoms with Gasteiger partial charge in [0.05, 0.1) is 5.41 Å². The second kappa shape index (κ2) is 4.36. The van der Waals surface area contributed by atoms with Crippen LogP contribution < -0.4 is 0 Å². The van der Waals surface area contributed by atoms with Crippen molar-refractivity contribution in [3.8, 4) is 0 Å². The maximum Gasteiger partial charge on any atom is 0.309 e. The Morgan fingerprint density at radius 1 is 1.19 bits per heavy atom. The predicted molar refractivity (Wildman–Crippen MR) is 82.8 cm³/mol. The molecule has 0 aromatic rings. The number of aliphatic carboxylic acids is 1. The summed E-state index contributed by atoms with van der Waals surface area (Å²) in [4.78, 5) is 11.9. The molecule has 2 heteroatoms. The fraction of sp³-hybridized carbons (Fsp3) is 0.842. The average Bonchev–Trinajstić information content (AvgIpc) is 2.68. The molecule has 0 aliphatic heterocycles. The molecule has 4 saturated carbocycles. The van der Waals surface area contributed by atoms with Crippen molar-refractivity contribution in [3.05, 3.63) is 12.2 Å². The molecule has 4 rings (SSSR count). The highest BCUT2D eigenvalue weighted by Gasteiger charge is 2.60. The lowest BCUT2D eigenvalue weighted by molar-refractivity contribution is -0.164. The van der Waals surface area contributed by atoms with Crippen LogP contribution in [0.5, 0.6) is 0 Å². The first kappa shape index (κ1) is 13.8. The first-order chi connectivity index (χ1) is 9.96. The molecule has 1 N–H and O–H groups in total. The lowest BCUT2D eigenvalue weighted by Crippen LogP contribution is -2.52. The van der Waals surface area contributed by atoms with Crippen LogP contribution in [0.1, 0.15) is 64.7 Å². The topological polar surface area (TPSA) is 37.3 Å². The predicted octanol–water partition coefficient (Wildman–Crippen LogP) is 4.65. The van der Waals surface area contributed by atoms with E-state index in [1.165, 1.54) is 44.1 Å². The minimum absolute atomic E-state index is 0.421. The summed E-state index contributed by atoms with van der Waals surface area (Å²) in [6.07, 6.45) is 10.9. The number of carboxylic acid groups (broad SMARTS) is 1. The van der Waals surface area contributed by atoms with E-state index in [0.717, 1.165) is 31.1 Å². The Bertz CT molecular complexity index is 496. The van der Waals surface area contributed by atoms with Gasteiger partial charge >= 0.3 is 5.97 Å². The highest BCUT2D eigenvalue weighted by atomic mass is 16.4. The van der Waals surface area contributed by atoms with Crippen molar-refractivity contribution in [2.75, 3.05) is 0 Å². The quantitative estimate of drug-likeness (QED) is 0.713. The van der Waals surface area contributed by atoms with Gasteiger partial charge in [0.1, 0.15) is 0 Å². The Kier molecular flexibility index (Phi) is 2.88. The molecular formula is C19H28O2. The molecule has 0 radical (unpaired) electrons. The molecule has 1 spiro atoms. The molecule has 6 atom stereocenters. The van der Waals surface area contributed by atoms with Gasteiger partial charge in [0.25, 0.3) is 0 Å². The summed E-state index contributed by atoms with van der Waals surface area (Å²) in [6, 6.07) is 0. The average molecular weight is 288 g/mol. The molecule has 4 aliphatic rings. The molecule has 116 valence electrons. The van der Waals surface area contributed by atoms with E-state index in [2.05, 4.69) is 6.58 Å². The second-order valence-electron chi connectivity index (χ2n) is 8.71. The molecule has 0 amide bonds. The molecule has 0 saturated heterocycles. The normalized spacial score (nSPS) is 52.1. The van der Waals surface area contributed by atoms with Crippen LogP contribution in [0.2, 0.25) is 0 Å². The summed E-state index contributed by atoms with van der Waals surface area (Å²) < 4.78 is 0. The van der Waals surface area contributed by atoms with E-state index in [1.807, 2.05) is 6.92 Å². The molecule has 0 heterocycles. The van der Waals surface area contributed by atoms with E-state index in [4.69, 9.17) is 0 Å². The fourth-order valence-electron chi connectivity index (χ4n) is 6.91. The Morgan fingerprint density at radius 3 is 2.76 bits per heavy atom. The van der Waals surface area contributed by atoms with Crippen LogP contribution in [-0.4, -0.2) is 11.1 Å². The van der Waals surface area contributed by atoms with E-state index in [0.29, 0.717) is 17.3 Å². The highest BCUT2D eigenvalue weighted by Crippen LogP contribution is 2.67. The molecule has 0 aromatic heterocycles. The lowest BCUT2D eigenvalue weighted by atomic mass is 9.47. The van der Waals surface area contributed by atoms with Crippen LogP contribution in [0.15, 0.2) is 12.2 Å². The van der Waals surface area contributed by atoms with E-state index in [9.17, 15) is 9.90 Å². The largest absolute Gasteiger partial charge is 0.481 e. The van der Waals surface area contributed by atoms with Crippen LogP contribution in [0.25, 0.3) is 0 Å². The van der Waals surface area contributed by atoms with Crippen molar-refractivity contribution in [2.24, 2.45) is 34.5 Å². The van der Waals surface area contributed by atoms with Gasteiger partial charge in [-0.3, -0.25) is 4.79 Å². The van der Waals surface area contributed by atoms with Gasteiger partial charge in [-0.1, -0.05) is 18.6 Å². The first-order valence-corrected chi connectivity index (χ1v) is 8.87. The molecule has 0 aromatic carbocycles. The van der Waals surface area contributed by atoms with Crippen LogP contribution in [0.3, 0.4) is 0 Å². The Labute approximate surface area is 128 Å². The van der Waals surface area contributed by atoms with Crippen LogP contribution in [0, 0.1) is 34.5 Å². The number of carbonyl (C=O) groups is 1. The minimum atomic E-state index is -0.544. The zero-order valence-corrected chi connectivity index (χ0v) is 13.2. The number of hydrogen-bond acceptors (Lipinski definition) is 1. The lowest BCUT2D eigenvalue weighted by Gasteiger charge is -2.57. The molecule has 4 fully saturated rings. The number of allylic oxidation sites excluding steroid dienone is 1. The summed E-state index contributed by atoms with van der Waals surface area (Å²) in [7, 11) is 0. The van der Waals surface area contributed by atoms with Gasteiger partial charge in [-0.15, -0.1) is 0 Å². The third kappa shape index (κ3) is 1.74. The van der Waals surface area contributed by atoms with Crippen LogP contribution in [-0.2, 0) is 4.79 Å². The third-order valence-electron chi connectivity index (χ3n) is 7.95. The molecule has 21 heavy (non-hydrogen) atoms. The fourth-order valence-corrected chi connectivity index (χ4v) is 6.91. The number of fused-ring (bicyclic) bond motifs is 3. The highest BCUT2D eigenvalue weighted by molar-refractivity contribution is 5.74. The molecule has 4 aliphatic carbocycles. The summed E-state index contributed by atoms with van der Waals surface area (Å²) in [5.74, 6) is 2.11. The molecular weight excluding hydrogens is 260 g/mol. The van der Waals surface area contributed by atoms with E-state index in [1.54, 1.807) is 0 Å². The molecule has 3 unspecified atom stereocenters. The Morgan fingerprint density at radius 2 is 2.00 bits per heavy atom. The third-order valence-corrected chi connectivity index (χ3v) is 7.95. The van der Waals surface area contributed by atoms with Crippen molar-refractivity contribution in [1.82, 2.24) is 0 Å². The van der Waals surface area contributed by atoms with Gasteiger partial charge in [0.2, 0.25) is 0 Å². The molecule has 2 bridgehead atoms. The van der Waals surface area contributed by atoms with Gasteiger partial charge < -0.3 is 5.11 Å². The van der Waals surface area contributed by atoms with E-state index < -0.39 is 11.4 Å². The van der Waals surface area contributed by atoms with E-state index >= 15 is 0 Å². The number of rotatable bonds is 1. The summed E-state index contributed by atoms with van der Waals surface area (Å²) >= 11 is 0. The zero-order chi connectivity index (χ0) is 14.8. The maximum absolute atomic E-state index is 11.9. The first-order valence-electron chi connectivity index (χ1n) is 8.87. The van der Waals surface area contributed by atoms with Crippen LogP contribution >= 0.6 is 0 Å². The van der Waals surface area contributed by atoms with Crippen molar-refractivity contribution in [2.45, 2.75) is 64.7 Å². The summed E-state index contributed by atoms with van der Waals surface area (Å²) in [5, 5.41) is 9.79. The number of carboxylic acids is 1. The smallest absolute Gasteiger partial charge is 0.309 e. The second-order valence-corrected chi connectivity index (χ2v) is 8.71. The van der Waals surface area contributed by atoms with Gasteiger partial charge in [0.15, 0.2) is 0 Å². The SMILES string of the molecule is C=C1C[C@@]23CCC4C(CCC[C@@]4(C)C(=O)O)[C@@H]2CCC1C3. The van der Waals surface area contributed by atoms with Crippen molar-refractivity contribution in [1.29, 1.82) is 0 Å². The van der Waals surface area contributed by atoms with Gasteiger partial charge in [-0.2, -0.15) is 0 Å². The molecule has 2 nitrogen and oxygen atoms in total. The Balaban J connectivity index is 1.68. The maximum atomic E-state index is 11.9. The zero-order valence-electron chi connectivity index (χ0n) is 13.2. The van der Waals surface area contributed by atoms with Crippen molar-refractivity contribution >= 4 is 5.97 Å². The van der Waals surface area contributed by atoms with Crippen molar-refractivity contribution < 1.29 is 9.90 Å². The summed E-state index contributed by atoms with van der Waals surface area (Å²) in [6.45, 7) is 6.38. The van der Waals surface area contributed by atoms with E-state index in [-0.39, 0.29) is 0 Å². The Hall–Kier alpha value is -0.790.